The summed E-state index contributed by atoms with van der Waals surface area (Å²) < 4.78 is 23.7. The van der Waals surface area contributed by atoms with E-state index in [2.05, 4.69) is 4.90 Å². The quantitative estimate of drug-likeness (QED) is 0.763. The molecule has 0 saturated carbocycles. The number of nitrogens with zero attached hydrogens (tertiary/aromatic N) is 2. The summed E-state index contributed by atoms with van der Waals surface area (Å²) >= 11 is 0. The van der Waals surface area contributed by atoms with Crippen LogP contribution in [0.2, 0.25) is 0 Å². The van der Waals surface area contributed by atoms with Crippen LogP contribution in [0, 0.1) is 11.7 Å². The first kappa shape index (κ1) is 20.0. The summed E-state index contributed by atoms with van der Waals surface area (Å²) in [6, 6.07) is 12.3. The highest BCUT2D eigenvalue weighted by molar-refractivity contribution is 5.79. The van der Waals surface area contributed by atoms with Crippen molar-refractivity contribution in [3.05, 3.63) is 53.8 Å². The first-order valence-electron chi connectivity index (χ1n) is 9.52. The second kappa shape index (κ2) is 8.95. The molecule has 150 valence electrons. The lowest BCUT2D eigenvalue weighted by Crippen LogP contribution is -2.50. The number of carbonyl (C=O) groups is 1. The van der Waals surface area contributed by atoms with Crippen molar-refractivity contribution in [2.24, 2.45) is 5.92 Å². The van der Waals surface area contributed by atoms with Crippen molar-refractivity contribution in [1.29, 1.82) is 0 Å². The predicted molar refractivity (Wildman–Crippen MR) is 108 cm³/mol. The smallest absolute Gasteiger partial charge is 0.225 e. The van der Waals surface area contributed by atoms with Crippen LogP contribution in [0.5, 0.6) is 11.5 Å². The molecule has 1 aliphatic rings. The molecular weight excluding hydrogens is 359 g/mol. The molecule has 28 heavy (non-hydrogen) atoms. The van der Waals surface area contributed by atoms with Gasteiger partial charge in [0.2, 0.25) is 5.91 Å². The Kier molecular flexibility index (Phi) is 6.39. The minimum absolute atomic E-state index is 0.115. The monoisotopic (exact) mass is 386 g/mol. The SMILES string of the molecule is COc1ccc(CC(C)C(=O)N2CCN(c3ccc(F)cc3)CC2)cc1OC. The fraction of sp³-hybridized carbons (Fsp3) is 0.409. The van der Waals surface area contributed by atoms with Gasteiger partial charge in [0.25, 0.3) is 0 Å². The molecule has 2 aromatic rings. The molecule has 1 saturated heterocycles. The van der Waals surface area contributed by atoms with Crippen molar-refractivity contribution in [3.8, 4) is 11.5 Å². The van der Waals surface area contributed by atoms with E-state index in [1.54, 1.807) is 26.4 Å². The van der Waals surface area contributed by atoms with Gasteiger partial charge >= 0.3 is 0 Å². The van der Waals surface area contributed by atoms with Crippen LogP contribution in [0.1, 0.15) is 12.5 Å². The predicted octanol–water partition coefficient (Wildman–Crippen LogP) is 3.37. The van der Waals surface area contributed by atoms with Crippen molar-refractivity contribution in [1.82, 2.24) is 4.90 Å². The third-order valence-electron chi connectivity index (χ3n) is 5.19. The fourth-order valence-electron chi connectivity index (χ4n) is 3.60. The number of halogens is 1. The molecule has 1 amide bonds. The Morgan fingerprint density at radius 1 is 1.00 bits per heavy atom. The molecule has 5 nitrogen and oxygen atoms in total. The van der Waals surface area contributed by atoms with Crippen LogP contribution in [0.3, 0.4) is 0 Å². The van der Waals surface area contributed by atoms with Crippen LogP contribution >= 0.6 is 0 Å². The van der Waals surface area contributed by atoms with Crippen LogP contribution in [0.4, 0.5) is 10.1 Å². The van der Waals surface area contributed by atoms with E-state index in [-0.39, 0.29) is 17.6 Å². The molecule has 0 spiro atoms. The van der Waals surface area contributed by atoms with Gasteiger partial charge in [-0.2, -0.15) is 0 Å². The Hall–Kier alpha value is -2.76. The second-order valence-corrected chi connectivity index (χ2v) is 7.08. The summed E-state index contributed by atoms with van der Waals surface area (Å²) in [5.41, 5.74) is 2.04. The number of carbonyl (C=O) groups excluding carboxylic acids is 1. The van der Waals surface area contributed by atoms with Gasteiger partial charge in [-0.3, -0.25) is 4.79 Å². The summed E-state index contributed by atoms with van der Waals surface area (Å²) in [7, 11) is 3.21. The Morgan fingerprint density at radius 3 is 2.25 bits per heavy atom. The highest BCUT2D eigenvalue weighted by atomic mass is 19.1. The van der Waals surface area contributed by atoms with Gasteiger partial charge < -0.3 is 19.3 Å². The van der Waals surface area contributed by atoms with Crippen molar-refractivity contribution < 1.29 is 18.7 Å². The van der Waals surface area contributed by atoms with E-state index >= 15 is 0 Å². The van der Waals surface area contributed by atoms with Gasteiger partial charge in [0.05, 0.1) is 14.2 Å². The Morgan fingerprint density at radius 2 is 1.64 bits per heavy atom. The average Bonchev–Trinajstić information content (AvgIpc) is 2.73. The van der Waals surface area contributed by atoms with E-state index in [1.165, 1.54) is 12.1 Å². The molecule has 1 unspecified atom stereocenters. The summed E-state index contributed by atoms with van der Waals surface area (Å²) in [6.45, 7) is 4.81. The number of piperazine rings is 1. The van der Waals surface area contributed by atoms with Crippen LogP contribution < -0.4 is 14.4 Å². The number of ether oxygens (including phenoxy) is 2. The first-order valence-corrected chi connectivity index (χ1v) is 9.52. The van der Waals surface area contributed by atoms with Crippen LogP contribution in [-0.2, 0) is 11.2 Å². The summed E-state index contributed by atoms with van der Waals surface area (Å²) in [5.74, 6) is 1.17. The molecule has 1 atom stereocenters. The summed E-state index contributed by atoms with van der Waals surface area (Å²) in [5, 5.41) is 0. The summed E-state index contributed by atoms with van der Waals surface area (Å²) in [6.07, 6.45) is 0.650. The molecule has 1 heterocycles. The number of benzene rings is 2. The van der Waals surface area contributed by atoms with E-state index in [4.69, 9.17) is 9.47 Å². The lowest BCUT2D eigenvalue weighted by Gasteiger charge is -2.37. The van der Waals surface area contributed by atoms with Crippen LogP contribution in [0.25, 0.3) is 0 Å². The highest BCUT2D eigenvalue weighted by Gasteiger charge is 2.25. The minimum Gasteiger partial charge on any atom is -0.493 e. The third kappa shape index (κ3) is 4.55. The van der Waals surface area contributed by atoms with Crippen molar-refractivity contribution in [3.63, 3.8) is 0 Å². The zero-order valence-electron chi connectivity index (χ0n) is 16.7. The van der Waals surface area contributed by atoms with Gasteiger partial charge in [-0.05, 0) is 48.4 Å². The Labute approximate surface area is 165 Å². The van der Waals surface area contributed by atoms with E-state index < -0.39 is 0 Å². The Balaban J connectivity index is 1.56. The van der Waals surface area contributed by atoms with Gasteiger partial charge in [-0.15, -0.1) is 0 Å². The van der Waals surface area contributed by atoms with Gasteiger partial charge in [-0.25, -0.2) is 4.39 Å². The lowest BCUT2D eigenvalue weighted by atomic mass is 9.99. The standard InChI is InChI=1S/C22H27FN2O3/c1-16(14-17-4-9-20(27-2)21(15-17)28-3)22(26)25-12-10-24(11-13-25)19-7-5-18(23)6-8-19/h4-9,15-16H,10-14H2,1-3H3. The maximum atomic E-state index is 13.1. The zero-order chi connectivity index (χ0) is 20.1. The number of hydrogen-bond donors (Lipinski definition) is 0. The van der Waals surface area contributed by atoms with E-state index in [9.17, 15) is 9.18 Å². The maximum absolute atomic E-state index is 13.1. The number of methoxy groups -OCH3 is 2. The number of hydrogen-bond acceptors (Lipinski definition) is 4. The number of anilines is 1. The molecule has 0 N–H and O–H groups in total. The molecule has 2 aromatic carbocycles. The molecule has 0 bridgehead atoms. The number of rotatable bonds is 6. The van der Waals surface area contributed by atoms with Crippen molar-refractivity contribution >= 4 is 11.6 Å². The van der Waals surface area contributed by atoms with E-state index in [1.807, 2.05) is 30.0 Å². The fourth-order valence-corrected chi connectivity index (χ4v) is 3.60. The molecule has 0 radical (unpaired) electrons. The lowest BCUT2D eigenvalue weighted by molar-refractivity contribution is -0.135. The highest BCUT2D eigenvalue weighted by Crippen LogP contribution is 2.29. The third-order valence-corrected chi connectivity index (χ3v) is 5.19. The molecule has 1 aliphatic heterocycles. The first-order chi connectivity index (χ1) is 13.5. The van der Waals surface area contributed by atoms with Crippen LogP contribution in [0.15, 0.2) is 42.5 Å². The Bertz CT molecular complexity index is 802. The van der Waals surface area contributed by atoms with Gasteiger partial charge in [0, 0.05) is 37.8 Å². The normalized spacial score (nSPS) is 15.3. The molecule has 6 heteroatoms. The van der Waals surface area contributed by atoms with E-state index in [0.29, 0.717) is 31.0 Å². The summed E-state index contributed by atoms with van der Waals surface area (Å²) in [4.78, 5) is 17.0. The maximum Gasteiger partial charge on any atom is 0.225 e. The van der Waals surface area contributed by atoms with Gasteiger partial charge in [0.15, 0.2) is 11.5 Å². The molecule has 0 aromatic heterocycles. The molecule has 3 rings (SSSR count). The van der Waals surface area contributed by atoms with Gasteiger partial charge in [-0.1, -0.05) is 13.0 Å². The molecular formula is C22H27FN2O3. The zero-order valence-corrected chi connectivity index (χ0v) is 16.7. The average molecular weight is 386 g/mol. The molecule has 1 fully saturated rings. The largest absolute Gasteiger partial charge is 0.493 e. The topological polar surface area (TPSA) is 42.0 Å². The van der Waals surface area contributed by atoms with Crippen LogP contribution in [-0.4, -0.2) is 51.2 Å². The number of amides is 1. The van der Waals surface area contributed by atoms with Crippen molar-refractivity contribution in [2.75, 3.05) is 45.3 Å². The molecule has 0 aliphatic carbocycles. The van der Waals surface area contributed by atoms with Crippen molar-refractivity contribution in [2.45, 2.75) is 13.3 Å². The van der Waals surface area contributed by atoms with Gasteiger partial charge in [0.1, 0.15) is 5.82 Å². The van der Waals surface area contributed by atoms with E-state index in [0.717, 1.165) is 24.3 Å². The minimum atomic E-state index is -0.235. The second-order valence-electron chi connectivity index (χ2n) is 7.08.